The minimum absolute atomic E-state index is 0.237. The van der Waals surface area contributed by atoms with E-state index >= 15 is 0 Å². The lowest BCUT2D eigenvalue weighted by atomic mass is 10.0. The van der Waals surface area contributed by atoms with Crippen LogP contribution in [0.15, 0.2) is 48.5 Å². The molecule has 1 amide bonds. The van der Waals surface area contributed by atoms with E-state index in [2.05, 4.69) is 0 Å². The third-order valence-corrected chi connectivity index (χ3v) is 3.50. The monoisotopic (exact) mass is 329 g/mol. The van der Waals surface area contributed by atoms with Crippen LogP contribution < -0.4 is 0 Å². The van der Waals surface area contributed by atoms with Crippen LogP contribution in [-0.2, 0) is 20.9 Å². The fourth-order valence-corrected chi connectivity index (χ4v) is 2.20. The number of carboxylic acids is 1. The topological polar surface area (TPSA) is 74.7 Å². The molecule has 2 rings (SSSR count). The maximum Gasteiger partial charge on any atom is 0.372 e. The summed E-state index contributed by atoms with van der Waals surface area (Å²) in [5.74, 6) is -3.63. The molecule has 0 saturated heterocycles. The van der Waals surface area contributed by atoms with Gasteiger partial charge in [-0.15, -0.1) is 0 Å². The number of carboxylic acid groups (broad SMARTS) is 1. The van der Waals surface area contributed by atoms with Crippen molar-refractivity contribution in [2.75, 3.05) is 7.05 Å². The largest absolute Gasteiger partial charge is 0.475 e. The molecule has 0 bridgehead atoms. The zero-order chi connectivity index (χ0) is 17.7. The third kappa shape index (κ3) is 4.49. The van der Waals surface area contributed by atoms with Crippen LogP contribution >= 0.6 is 0 Å². The number of carbonyl (C=O) groups is 3. The molecule has 0 saturated carbocycles. The van der Waals surface area contributed by atoms with E-state index in [0.29, 0.717) is 0 Å². The number of ketones is 1. The lowest BCUT2D eigenvalue weighted by Gasteiger charge is -2.17. The predicted molar refractivity (Wildman–Crippen MR) is 85.6 cm³/mol. The molecule has 0 unspecified atom stereocenters. The van der Waals surface area contributed by atoms with Crippen molar-refractivity contribution in [1.29, 1.82) is 0 Å². The Morgan fingerprint density at radius 1 is 1.04 bits per heavy atom. The summed E-state index contributed by atoms with van der Waals surface area (Å²) in [5.41, 5.74) is 2.53. The Morgan fingerprint density at radius 3 is 2.33 bits per heavy atom. The van der Waals surface area contributed by atoms with Crippen LogP contribution in [-0.4, -0.2) is 34.7 Å². The summed E-state index contributed by atoms with van der Waals surface area (Å²) in [5, 5.41) is 8.54. The van der Waals surface area contributed by atoms with E-state index < -0.39 is 24.1 Å². The molecule has 0 fully saturated rings. The van der Waals surface area contributed by atoms with Crippen LogP contribution in [0.2, 0.25) is 0 Å². The first-order valence-corrected chi connectivity index (χ1v) is 7.22. The molecule has 1 N–H and O–H groups in total. The van der Waals surface area contributed by atoms with Crippen molar-refractivity contribution in [1.82, 2.24) is 4.90 Å². The number of hydrogen-bond acceptors (Lipinski definition) is 3. The number of nitrogens with zero attached hydrogens (tertiary/aromatic N) is 1. The van der Waals surface area contributed by atoms with Crippen LogP contribution in [0.3, 0.4) is 0 Å². The first-order valence-electron chi connectivity index (χ1n) is 7.22. The molecule has 0 heterocycles. The van der Waals surface area contributed by atoms with Crippen LogP contribution in [0.5, 0.6) is 0 Å². The average Bonchev–Trinajstić information content (AvgIpc) is 2.55. The van der Waals surface area contributed by atoms with Gasteiger partial charge in [0, 0.05) is 13.6 Å². The number of halogens is 1. The second-order valence-electron chi connectivity index (χ2n) is 5.36. The van der Waals surface area contributed by atoms with Crippen molar-refractivity contribution >= 4 is 17.7 Å². The van der Waals surface area contributed by atoms with Crippen molar-refractivity contribution in [2.45, 2.75) is 13.0 Å². The smallest absolute Gasteiger partial charge is 0.372 e. The molecule has 2 aromatic carbocycles. The molecule has 0 radical (unpaired) electrons. The number of carbonyl (C=O) groups excluding carboxylic acids is 2. The van der Waals surface area contributed by atoms with Crippen molar-refractivity contribution in [3.8, 4) is 11.1 Å². The Kier molecular flexibility index (Phi) is 5.42. The van der Waals surface area contributed by atoms with Crippen molar-refractivity contribution in [3.63, 3.8) is 0 Å². The van der Waals surface area contributed by atoms with Gasteiger partial charge in [-0.25, -0.2) is 9.18 Å². The van der Waals surface area contributed by atoms with E-state index in [1.54, 1.807) is 12.1 Å². The lowest BCUT2D eigenvalue weighted by molar-refractivity contribution is -0.151. The number of hydrogen-bond donors (Lipinski definition) is 1. The first-order chi connectivity index (χ1) is 11.4. The van der Waals surface area contributed by atoms with E-state index in [4.69, 9.17) is 5.11 Å². The lowest BCUT2D eigenvalue weighted by Crippen LogP contribution is -2.30. The molecule has 0 atom stereocenters. The molecule has 24 heavy (non-hydrogen) atoms. The van der Waals surface area contributed by atoms with Gasteiger partial charge in [0.05, 0.1) is 6.42 Å². The minimum Gasteiger partial charge on any atom is -0.475 e. The van der Waals surface area contributed by atoms with Crippen molar-refractivity contribution in [2.24, 2.45) is 0 Å². The molecule has 6 heteroatoms. The molecular weight excluding hydrogens is 313 g/mol. The third-order valence-electron chi connectivity index (χ3n) is 3.50. The van der Waals surface area contributed by atoms with Crippen LogP contribution in [0.1, 0.15) is 12.0 Å². The highest BCUT2D eigenvalue weighted by Crippen LogP contribution is 2.21. The molecule has 0 aromatic heterocycles. The van der Waals surface area contributed by atoms with Crippen LogP contribution in [0.25, 0.3) is 11.1 Å². The zero-order valence-electron chi connectivity index (χ0n) is 13.0. The van der Waals surface area contributed by atoms with E-state index in [1.165, 1.54) is 24.1 Å². The maximum absolute atomic E-state index is 13.0. The normalized spacial score (nSPS) is 10.2. The molecule has 0 aliphatic carbocycles. The van der Waals surface area contributed by atoms with Gasteiger partial charge in [-0.05, 0) is 34.9 Å². The SMILES string of the molecule is CN(Cc1cccc(-c2ccc(F)cc2)c1)C(=O)CC(=O)C(=O)O. The molecule has 0 spiro atoms. The number of benzene rings is 2. The summed E-state index contributed by atoms with van der Waals surface area (Å²) in [6, 6.07) is 13.4. The quantitative estimate of drug-likeness (QED) is 0.653. The fourth-order valence-electron chi connectivity index (χ4n) is 2.20. The van der Waals surface area contributed by atoms with Gasteiger partial charge >= 0.3 is 5.97 Å². The van der Waals surface area contributed by atoms with Crippen molar-refractivity contribution < 1.29 is 23.9 Å². The fraction of sp³-hybridized carbons (Fsp3) is 0.167. The maximum atomic E-state index is 13.0. The average molecular weight is 329 g/mol. The second-order valence-corrected chi connectivity index (χ2v) is 5.36. The number of rotatable bonds is 6. The van der Waals surface area contributed by atoms with Crippen molar-refractivity contribution in [3.05, 3.63) is 59.9 Å². The summed E-state index contributed by atoms with van der Waals surface area (Å²) in [6.45, 7) is 0.237. The highest BCUT2D eigenvalue weighted by molar-refractivity contribution is 6.36. The molecule has 2 aromatic rings. The van der Waals surface area contributed by atoms with Gasteiger partial charge in [0.2, 0.25) is 11.7 Å². The van der Waals surface area contributed by atoms with E-state index in [-0.39, 0.29) is 12.4 Å². The summed E-state index contributed by atoms with van der Waals surface area (Å²) < 4.78 is 13.0. The second kappa shape index (κ2) is 7.50. The standard InChI is InChI=1S/C18H16FNO4/c1-20(17(22)10-16(21)18(23)24)11-12-3-2-4-14(9-12)13-5-7-15(19)8-6-13/h2-9H,10-11H2,1H3,(H,23,24). The summed E-state index contributed by atoms with van der Waals surface area (Å²) >= 11 is 0. The van der Waals surface area contributed by atoms with Gasteiger partial charge in [0.25, 0.3) is 0 Å². The van der Waals surface area contributed by atoms with Gasteiger partial charge in [0.1, 0.15) is 5.82 Å². The zero-order valence-corrected chi connectivity index (χ0v) is 13.0. The van der Waals surface area contributed by atoms with Gasteiger partial charge in [0.15, 0.2) is 0 Å². The number of amides is 1. The summed E-state index contributed by atoms with van der Waals surface area (Å²) in [6.07, 6.45) is -0.663. The Bertz CT molecular complexity index is 771. The number of aliphatic carboxylic acids is 1. The Hall–Kier alpha value is -3.02. The Balaban J connectivity index is 2.09. The predicted octanol–water partition coefficient (Wildman–Crippen LogP) is 2.49. The Morgan fingerprint density at radius 2 is 1.71 bits per heavy atom. The minimum atomic E-state index is -1.62. The Labute approximate surface area is 138 Å². The van der Waals surface area contributed by atoms with Gasteiger partial charge in [-0.1, -0.05) is 30.3 Å². The van der Waals surface area contributed by atoms with Gasteiger partial charge in [-0.3, -0.25) is 9.59 Å². The van der Waals surface area contributed by atoms with Crippen LogP contribution in [0.4, 0.5) is 4.39 Å². The molecule has 5 nitrogen and oxygen atoms in total. The molecule has 0 aliphatic rings. The molecule has 0 aliphatic heterocycles. The highest BCUT2D eigenvalue weighted by atomic mass is 19.1. The van der Waals surface area contributed by atoms with Gasteiger partial charge in [-0.2, -0.15) is 0 Å². The molecule has 124 valence electrons. The van der Waals surface area contributed by atoms with Gasteiger partial charge < -0.3 is 10.0 Å². The number of Topliss-reactive ketones (excluding diaryl/α,β-unsaturated/α-hetero) is 1. The van der Waals surface area contributed by atoms with Crippen LogP contribution in [0, 0.1) is 5.82 Å². The summed E-state index contributed by atoms with van der Waals surface area (Å²) in [4.78, 5) is 34.7. The first kappa shape index (κ1) is 17.3. The van der Waals surface area contributed by atoms with E-state index in [0.717, 1.165) is 16.7 Å². The molecular formula is C18H16FNO4. The van der Waals surface area contributed by atoms with E-state index in [1.807, 2.05) is 24.3 Å². The summed E-state index contributed by atoms with van der Waals surface area (Å²) in [7, 11) is 1.50. The van der Waals surface area contributed by atoms with E-state index in [9.17, 15) is 18.8 Å². The highest BCUT2D eigenvalue weighted by Gasteiger charge is 2.19.